The highest BCUT2D eigenvalue weighted by atomic mass is 16.5. The molecule has 2 unspecified atom stereocenters. The highest BCUT2D eigenvalue weighted by Crippen LogP contribution is 2.34. The van der Waals surface area contributed by atoms with Crippen LogP contribution in [0.4, 0.5) is 0 Å². The molecule has 0 aliphatic carbocycles. The standard InChI is InChI=1S/C18H24O2/c1-5-17-14(3)13(2)15(4)18(20-17)12-19-11-16-9-7-6-8-10-16/h1,6-10,13-15,17-18H,11-12H2,2-4H3/t13-,14?,15-,17+,18?/m1/s1. The Bertz CT molecular complexity index is 448. The van der Waals surface area contributed by atoms with Crippen molar-refractivity contribution in [3.05, 3.63) is 35.9 Å². The molecule has 0 amide bonds. The third kappa shape index (κ3) is 3.42. The Morgan fingerprint density at radius 3 is 2.45 bits per heavy atom. The van der Waals surface area contributed by atoms with Crippen LogP contribution in [0.3, 0.4) is 0 Å². The molecule has 1 aliphatic rings. The number of benzene rings is 1. The van der Waals surface area contributed by atoms with Crippen LogP contribution in [0, 0.1) is 30.1 Å². The molecule has 5 atom stereocenters. The average Bonchev–Trinajstić information content (AvgIpc) is 2.48. The van der Waals surface area contributed by atoms with Crippen LogP contribution >= 0.6 is 0 Å². The van der Waals surface area contributed by atoms with Gasteiger partial charge in [-0.3, -0.25) is 0 Å². The fraction of sp³-hybridized carbons (Fsp3) is 0.556. The maximum atomic E-state index is 6.01. The van der Waals surface area contributed by atoms with Crippen LogP contribution in [0.25, 0.3) is 0 Å². The summed E-state index contributed by atoms with van der Waals surface area (Å²) in [5, 5.41) is 0. The molecule has 0 aromatic heterocycles. The minimum absolute atomic E-state index is 0.0889. The lowest BCUT2D eigenvalue weighted by Gasteiger charge is -2.41. The molecule has 0 saturated carbocycles. The summed E-state index contributed by atoms with van der Waals surface area (Å²) in [6.07, 6.45) is 5.57. The predicted molar refractivity (Wildman–Crippen MR) is 81.1 cm³/mol. The van der Waals surface area contributed by atoms with Gasteiger partial charge in [0.15, 0.2) is 0 Å². The first-order chi connectivity index (χ1) is 9.63. The Labute approximate surface area is 122 Å². The zero-order valence-corrected chi connectivity index (χ0v) is 12.6. The second-order valence-corrected chi connectivity index (χ2v) is 5.84. The van der Waals surface area contributed by atoms with Crippen molar-refractivity contribution in [3.8, 4) is 12.3 Å². The van der Waals surface area contributed by atoms with E-state index in [-0.39, 0.29) is 12.2 Å². The van der Waals surface area contributed by atoms with Gasteiger partial charge in [0.25, 0.3) is 0 Å². The van der Waals surface area contributed by atoms with E-state index in [1.54, 1.807) is 0 Å². The Hall–Kier alpha value is -1.30. The van der Waals surface area contributed by atoms with Gasteiger partial charge in [0, 0.05) is 0 Å². The topological polar surface area (TPSA) is 18.5 Å². The molecule has 108 valence electrons. The molecule has 1 aromatic carbocycles. The van der Waals surface area contributed by atoms with E-state index in [1.807, 2.05) is 18.2 Å². The summed E-state index contributed by atoms with van der Waals surface area (Å²) in [7, 11) is 0. The van der Waals surface area contributed by atoms with Gasteiger partial charge in [-0.05, 0) is 23.3 Å². The molecule has 2 rings (SSSR count). The summed E-state index contributed by atoms with van der Waals surface area (Å²) < 4.78 is 11.8. The second kappa shape index (κ2) is 6.92. The van der Waals surface area contributed by atoms with Crippen molar-refractivity contribution in [1.82, 2.24) is 0 Å². The molecule has 0 bridgehead atoms. The molecule has 1 aliphatic heterocycles. The third-order valence-corrected chi connectivity index (χ3v) is 4.60. The van der Waals surface area contributed by atoms with Gasteiger partial charge < -0.3 is 9.47 Å². The van der Waals surface area contributed by atoms with Gasteiger partial charge >= 0.3 is 0 Å². The summed E-state index contributed by atoms with van der Waals surface area (Å²) in [5.74, 6) is 4.18. The average molecular weight is 272 g/mol. The summed E-state index contributed by atoms with van der Waals surface area (Å²) in [6, 6.07) is 10.2. The van der Waals surface area contributed by atoms with E-state index in [9.17, 15) is 0 Å². The molecule has 0 N–H and O–H groups in total. The summed E-state index contributed by atoms with van der Waals surface area (Å²) in [5.41, 5.74) is 1.19. The van der Waals surface area contributed by atoms with E-state index in [0.29, 0.717) is 31.0 Å². The summed E-state index contributed by atoms with van der Waals surface area (Å²) in [6.45, 7) is 7.88. The maximum absolute atomic E-state index is 6.01. The number of ether oxygens (including phenoxy) is 2. The molecule has 0 radical (unpaired) electrons. The first kappa shape index (κ1) is 15.1. The van der Waals surface area contributed by atoms with Crippen molar-refractivity contribution < 1.29 is 9.47 Å². The van der Waals surface area contributed by atoms with E-state index >= 15 is 0 Å². The van der Waals surface area contributed by atoms with Gasteiger partial charge in [-0.2, -0.15) is 0 Å². The summed E-state index contributed by atoms with van der Waals surface area (Å²) in [4.78, 5) is 0. The Morgan fingerprint density at radius 1 is 1.10 bits per heavy atom. The van der Waals surface area contributed by atoms with Crippen molar-refractivity contribution in [3.63, 3.8) is 0 Å². The van der Waals surface area contributed by atoms with Crippen LogP contribution in [0.5, 0.6) is 0 Å². The van der Waals surface area contributed by atoms with Crippen molar-refractivity contribution >= 4 is 0 Å². The Morgan fingerprint density at radius 2 is 1.80 bits per heavy atom. The van der Waals surface area contributed by atoms with Crippen LogP contribution < -0.4 is 0 Å². The molecular formula is C18H24O2. The van der Waals surface area contributed by atoms with E-state index < -0.39 is 0 Å². The zero-order valence-electron chi connectivity index (χ0n) is 12.6. The molecule has 2 nitrogen and oxygen atoms in total. The van der Waals surface area contributed by atoms with E-state index in [1.165, 1.54) is 5.56 Å². The van der Waals surface area contributed by atoms with Gasteiger partial charge in [-0.1, -0.05) is 57.0 Å². The normalized spacial score (nSPS) is 33.6. The summed E-state index contributed by atoms with van der Waals surface area (Å²) >= 11 is 0. The molecule has 20 heavy (non-hydrogen) atoms. The van der Waals surface area contributed by atoms with E-state index in [2.05, 4.69) is 38.8 Å². The first-order valence-electron chi connectivity index (χ1n) is 7.36. The van der Waals surface area contributed by atoms with Crippen molar-refractivity contribution in [2.24, 2.45) is 17.8 Å². The number of hydrogen-bond donors (Lipinski definition) is 0. The van der Waals surface area contributed by atoms with Gasteiger partial charge in [0.05, 0.1) is 19.3 Å². The van der Waals surface area contributed by atoms with Crippen LogP contribution in [-0.4, -0.2) is 18.8 Å². The van der Waals surface area contributed by atoms with Crippen LogP contribution in [-0.2, 0) is 16.1 Å². The smallest absolute Gasteiger partial charge is 0.121 e. The molecule has 2 heteroatoms. The van der Waals surface area contributed by atoms with E-state index in [4.69, 9.17) is 15.9 Å². The van der Waals surface area contributed by atoms with Crippen LogP contribution in [0.2, 0.25) is 0 Å². The van der Waals surface area contributed by atoms with E-state index in [0.717, 1.165) is 0 Å². The lowest BCUT2D eigenvalue weighted by molar-refractivity contribution is -0.136. The molecular weight excluding hydrogens is 248 g/mol. The van der Waals surface area contributed by atoms with Crippen molar-refractivity contribution in [2.45, 2.75) is 39.6 Å². The third-order valence-electron chi connectivity index (χ3n) is 4.60. The van der Waals surface area contributed by atoms with Crippen molar-refractivity contribution in [1.29, 1.82) is 0 Å². The predicted octanol–water partition coefficient (Wildman–Crippen LogP) is 3.51. The maximum Gasteiger partial charge on any atom is 0.121 e. The number of rotatable bonds is 4. The van der Waals surface area contributed by atoms with Crippen LogP contribution in [0.1, 0.15) is 26.3 Å². The molecule has 1 aromatic rings. The van der Waals surface area contributed by atoms with Gasteiger partial charge in [0.1, 0.15) is 6.10 Å². The van der Waals surface area contributed by atoms with Crippen molar-refractivity contribution in [2.75, 3.05) is 6.61 Å². The lowest BCUT2D eigenvalue weighted by Crippen LogP contribution is -2.46. The molecule has 1 fully saturated rings. The largest absolute Gasteiger partial charge is 0.374 e. The minimum Gasteiger partial charge on any atom is -0.374 e. The Balaban J connectivity index is 1.87. The van der Waals surface area contributed by atoms with Gasteiger partial charge in [0.2, 0.25) is 0 Å². The monoisotopic (exact) mass is 272 g/mol. The zero-order chi connectivity index (χ0) is 14.5. The molecule has 1 saturated heterocycles. The molecule has 1 heterocycles. The van der Waals surface area contributed by atoms with Gasteiger partial charge in [-0.25, -0.2) is 0 Å². The Kier molecular flexibility index (Phi) is 5.23. The lowest BCUT2D eigenvalue weighted by atomic mass is 9.77. The molecule has 0 spiro atoms. The highest BCUT2D eigenvalue weighted by molar-refractivity contribution is 5.13. The fourth-order valence-electron chi connectivity index (χ4n) is 2.78. The second-order valence-electron chi connectivity index (χ2n) is 5.84. The SMILES string of the molecule is C#C[C@@H]1OC(COCc2ccccc2)[C@H](C)[C@H](C)C1C. The first-order valence-corrected chi connectivity index (χ1v) is 7.36. The number of terminal acetylenes is 1. The highest BCUT2D eigenvalue weighted by Gasteiger charge is 2.38. The quantitative estimate of drug-likeness (QED) is 0.781. The minimum atomic E-state index is -0.0912. The number of hydrogen-bond acceptors (Lipinski definition) is 2. The van der Waals surface area contributed by atoms with Gasteiger partial charge in [-0.15, -0.1) is 6.42 Å². The fourth-order valence-corrected chi connectivity index (χ4v) is 2.78. The van der Waals surface area contributed by atoms with Crippen LogP contribution in [0.15, 0.2) is 30.3 Å².